The molecule has 0 radical (unpaired) electrons. The van der Waals surface area contributed by atoms with Crippen molar-refractivity contribution in [1.29, 1.82) is 0 Å². The number of sulfone groups is 1. The van der Waals surface area contributed by atoms with E-state index in [1.54, 1.807) is 6.07 Å². The van der Waals surface area contributed by atoms with E-state index in [0.29, 0.717) is 50.0 Å². The van der Waals surface area contributed by atoms with Gasteiger partial charge in [0.25, 0.3) is 0 Å². The molecule has 0 saturated carbocycles. The zero-order valence-corrected chi connectivity index (χ0v) is 21.4. The first-order valence-electron chi connectivity index (χ1n) is 12.4. The Morgan fingerprint density at radius 1 is 0.944 bits per heavy atom. The van der Waals surface area contributed by atoms with Crippen LogP contribution in [0.3, 0.4) is 0 Å². The molecule has 0 unspecified atom stereocenters. The highest BCUT2D eigenvalue weighted by atomic mass is 32.2. The van der Waals surface area contributed by atoms with Crippen molar-refractivity contribution in [3.63, 3.8) is 0 Å². The van der Waals surface area contributed by atoms with Crippen LogP contribution in [0.1, 0.15) is 20.3 Å². The van der Waals surface area contributed by atoms with Gasteiger partial charge in [-0.2, -0.15) is 4.98 Å². The number of aromatic nitrogens is 1. The maximum Gasteiger partial charge on any atom is 0.236 e. The smallest absolute Gasteiger partial charge is 0.236 e. The third-order valence-corrected chi connectivity index (χ3v) is 7.99. The molecule has 0 spiro atoms. The first-order chi connectivity index (χ1) is 17.5. The second-order valence-corrected chi connectivity index (χ2v) is 10.6. The molecule has 1 aromatic heterocycles. The van der Waals surface area contributed by atoms with Gasteiger partial charge in [-0.15, -0.1) is 0 Å². The molecule has 3 heterocycles. The average Bonchev–Trinajstić information content (AvgIpc) is 3.38. The summed E-state index contributed by atoms with van der Waals surface area (Å²) in [5.41, 5.74) is 0.677. The van der Waals surface area contributed by atoms with E-state index >= 15 is 0 Å². The highest BCUT2D eigenvalue weighted by Gasteiger charge is 2.33. The van der Waals surface area contributed by atoms with Gasteiger partial charge in [-0.25, -0.2) is 8.42 Å². The first-order valence-corrected chi connectivity index (χ1v) is 13.8. The van der Waals surface area contributed by atoms with Crippen molar-refractivity contribution in [2.75, 3.05) is 57.4 Å². The molecular weight excluding hydrogens is 482 g/mol. The Balaban J connectivity index is 1.53. The van der Waals surface area contributed by atoms with Gasteiger partial charge in [0, 0.05) is 37.8 Å². The summed E-state index contributed by atoms with van der Waals surface area (Å²) < 4.78 is 50.7. The van der Waals surface area contributed by atoms with Gasteiger partial charge in [-0.3, -0.25) is 0 Å². The minimum atomic E-state index is -4.00. The molecule has 2 aliphatic rings. The molecule has 0 amide bonds. The number of piperazine rings is 1. The molecule has 10 heteroatoms. The van der Waals surface area contributed by atoms with Gasteiger partial charge in [0.15, 0.2) is 11.5 Å². The molecule has 1 fully saturated rings. The predicted molar refractivity (Wildman–Crippen MR) is 135 cm³/mol. The number of hydrogen-bond donors (Lipinski definition) is 0. The number of hydrogen-bond acceptors (Lipinski definition) is 9. The van der Waals surface area contributed by atoms with Crippen molar-refractivity contribution in [3.8, 4) is 28.7 Å². The molecule has 0 N–H and O–H groups in total. The Morgan fingerprint density at radius 3 is 2.36 bits per heavy atom. The Morgan fingerprint density at radius 2 is 1.67 bits per heavy atom. The van der Waals surface area contributed by atoms with Crippen molar-refractivity contribution in [1.82, 2.24) is 9.88 Å². The summed E-state index contributed by atoms with van der Waals surface area (Å²) in [7, 11) is -4.00. The van der Waals surface area contributed by atoms with Crippen LogP contribution in [0.5, 0.6) is 17.2 Å². The zero-order valence-electron chi connectivity index (χ0n) is 20.6. The normalized spacial score (nSPS) is 16.2. The third kappa shape index (κ3) is 4.87. The van der Waals surface area contributed by atoms with Gasteiger partial charge in [0.1, 0.15) is 19.0 Å². The molecule has 0 aliphatic carbocycles. The lowest BCUT2D eigenvalue weighted by atomic mass is 10.2. The van der Waals surface area contributed by atoms with Crippen LogP contribution >= 0.6 is 0 Å². The average molecular weight is 514 g/mol. The highest BCUT2D eigenvalue weighted by Crippen LogP contribution is 2.38. The Bertz CT molecular complexity index is 1300. The van der Waals surface area contributed by atoms with Crippen LogP contribution in [0.15, 0.2) is 56.8 Å². The van der Waals surface area contributed by atoms with E-state index in [4.69, 9.17) is 18.6 Å². The van der Waals surface area contributed by atoms with Gasteiger partial charge < -0.3 is 28.4 Å². The zero-order chi connectivity index (χ0) is 25.1. The molecule has 192 valence electrons. The summed E-state index contributed by atoms with van der Waals surface area (Å²) in [5.74, 6) is 2.20. The van der Waals surface area contributed by atoms with Gasteiger partial charge in [0.2, 0.25) is 26.6 Å². The number of fused-ring (bicyclic) bond motifs is 1. The highest BCUT2D eigenvalue weighted by molar-refractivity contribution is 7.91. The molecule has 9 nitrogen and oxygen atoms in total. The predicted octanol–water partition coefficient (Wildman–Crippen LogP) is 3.88. The van der Waals surface area contributed by atoms with Crippen molar-refractivity contribution in [2.24, 2.45) is 0 Å². The van der Waals surface area contributed by atoms with Crippen LogP contribution in [-0.4, -0.2) is 70.8 Å². The number of oxazole rings is 1. The van der Waals surface area contributed by atoms with E-state index in [1.165, 1.54) is 12.1 Å². The van der Waals surface area contributed by atoms with E-state index in [-0.39, 0.29) is 21.7 Å². The summed E-state index contributed by atoms with van der Waals surface area (Å²) >= 11 is 0. The number of nitrogens with zero attached hydrogens (tertiary/aromatic N) is 3. The van der Waals surface area contributed by atoms with Gasteiger partial charge >= 0.3 is 0 Å². The fourth-order valence-corrected chi connectivity index (χ4v) is 5.62. The maximum atomic E-state index is 13.8. The molecule has 0 atom stereocenters. The Hall–Kier alpha value is -3.24. The molecular formula is C26H31N3O6S. The van der Waals surface area contributed by atoms with Crippen LogP contribution in [0.4, 0.5) is 5.88 Å². The SMILES string of the molecule is CCCOc1ccc(-c2nc(S(=O)(=O)c3ccc4c(c3)OCCO4)c(N3CCN(CC)CC3)o2)cc1. The third-order valence-electron chi connectivity index (χ3n) is 6.34. The summed E-state index contributed by atoms with van der Waals surface area (Å²) in [6.45, 7) is 9.48. The van der Waals surface area contributed by atoms with Crippen LogP contribution < -0.4 is 19.1 Å². The second-order valence-electron chi connectivity index (χ2n) is 8.73. The fraction of sp³-hybridized carbons (Fsp3) is 0.423. The summed E-state index contributed by atoms with van der Waals surface area (Å²) in [6.07, 6.45) is 0.914. The van der Waals surface area contributed by atoms with E-state index in [0.717, 1.165) is 31.8 Å². The Kier molecular flexibility index (Phi) is 7.06. The fourth-order valence-electron chi connectivity index (χ4n) is 4.28. The van der Waals surface area contributed by atoms with E-state index < -0.39 is 9.84 Å². The van der Waals surface area contributed by atoms with Crippen LogP contribution in [-0.2, 0) is 9.84 Å². The van der Waals surface area contributed by atoms with Crippen LogP contribution in [0.25, 0.3) is 11.5 Å². The van der Waals surface area contributed by atoms with Gasteiger partial charge in [-0.1, -0.05) is 13.8 Å². The minimum absolute atomic E-state index is 0.0864. The van der Waals surface area contributed by atoms with Crippen LogP contribution in [0, 0.1) is 0 Å². The van der Waals surface area contributed by atoms with Crippen molar-refractivity contribution in [2.45, 2.75) is 30.2 Å². The lowest BCUT2D eigenvalue weighted by molar-refractivity contribution is 0.171. The quantitative estimate of drug-likeness (QED) is 0.445. The van der Waals surface area contributed by atoms with E-state index in [1.807, 2.05) is 36.1 Å². The molecule has 3 aromatic rings. The second kappa shape index (κ2) is 10.4. The van der Waals surface area contributed by atoms with E-state index in [2.05, 4.69) is 16.8 Å². The number of likely N-dealkylation sites (N-methyl/N-ethyl adjacent to an activating group) is 1. The van der Waals surface area contributed by atoms with Crippen LogP contribution in [0.2, 0.25) is 0 Å². The standard InChI is InChI=1S/C26H31N3O6S/c1-3-15-32-20-7-5-19(6-8-20)24-27-25(26(35-24)29-13-11-28(4-2)12-14-29)36(30,31)21-9-10-22-23(18-21)34-17-16-33-22/h5-10,18H,3-4,11-17H2,1-2H3. The largest absolute Gasteiger partial charge is 0.494 e. The molecule has 2 aliphatic heterocycles. The lowest BCUT2D eigenvalue weighted by Crippen LogP contribution is -2.46. The van der Waals surface area contributed by atoms with Crippen molar-refractivity contribution < 1.29 is 27.0 Å². The maximum absolute atomic E-state index is 13.8. The molecule has 2 aromatic carbocycles. The topological polar surface area (TPSA) is 94.3 Å². The van der Waals surface area contributed by atoms with Crippen molar-refractivity contribution >= 4 is 15.7 Å². The Labute approximate surface area is 211 Å². The lowest BCUT2D eigenvalue weighted by Gasteiger charge is -2.33. The minimum Gasteiger partial charge on any atom is -0.494 e. The molecule has 36 heavy (non-hydrogen) atoms. The summed E-state index contributed by atoms with van der Waals surface area (Å²) in [5, 5.41) is -0.0922. The molecule has 5 rings (SSSR count). The first kappa shape index (κ1) is 24.5. The molecule has 0 bridgehead atoms. The van der Waals surface area contributed by atoms with Crippen molar-refractivity contribution in [3.05, 3.63) is 42.5 Å². The summed E-state index contributed by atoms with van der Waals surface area (Å²) in [4.78, 5) is 8.89. The number of rotatable bonds is 8. The molecule has 1 saturated heterocycles. The van der Waals surface area contributed by atoms with Gasteiger partial charge in [0.05, 0.1) is 11.5 Å². The summed E-state index contributed by atoms with van der Waals surface area (Å²) in [6, 6.07) is 12.0. The number of anilines is 1. The van der Waals surface area contributed by atoms with E-state index in [9.17, 15) is 8.42 Å². The number of ether oxygens (including phenoxy) is 3. The monoisotopic (exact) mass is 513 g/mol. The van der Waals surface area contributed by atoms with Gasteiger partial charge in [-0.05, 0) is 49.4 Å². The number of benzene rings is 2.